The lowest BCUT2D eigenvalue weighted by molar-refractivity contribution is 0.0602. The predicted molar refractivity (Wildman–Crippen MR) is 81.3 cm³/mol. The molecule has 3 rings (SSSR count). The van der Waals surface area contributed by atoms with Gasteiger partial charge < -0.3 is 14.6 Å². The van der Waals surface area contributed by atoms with Crippen LogP contribution in [0.5, 0.6) is 0 Å². The fraction of sp³-hybridized carbons (Fsp3) is 0.375. The molecule has 5 heteroatoms. The Morgan fingerprint density at radius 3 is 2.95 bits per heavy atom. The number of aromatic nitrogens is 2. The molecule has 1 N–H and O–H groups in total. The topological polar surface area (TPSA) is 56.1 Å². The van der Waals surface area contributed by atoms with Crippen LogP contribution in [0.3, 0.4) is 0 Å². The maximum atomic E-state index is 11.9. The molecule has 0 unspecified atom stereocenters. The van der Waals surface area contributed by atoms with E-state index in [2.05, 4.69) is 14.9 Å². The van der Waals surface area contributed by atoms with Gasteiger partial charge in [0.2, 0.25) is 0 Å². The van der Waals surface area contributed by atoms with Crippen molar-refractivity contribution in [2.75, 3.05) is 19.5 Å². The summed E-state index contributed by atoms with van der Waals surface area (Å²) in [7, 11) is 3.21. The van der Waals surface area contributed by atoms with E-state index in [1.807, 2.05) is 31.7 Å². The molecule has 0 saturated heterocycles. The van der Waals surface area contributed by atoms with Crippen molar-refractivity contribution in [1.82, 2.24) is 9.55 Å². The minimum absolute atomic E-state index is 0.338. The monoisotopic (exact) mass is 285 g/mol. The molecule has 1 saturated carbocycles. The minimum atomic E-state index is -0.338. The Morgan fingerprint density at radius 1 is 1.48 bits per heavy atom. The zero-order chi connectivity index (χ0) is 14.8. The fourth-order valence-electron chi connectivity index (χ4n) is 2.58. The van der Waals surface area contributed by atoms with Crippen molar-refractivity contribution in [1.29, 1.82) is 0 Å². The average Bonchev–Trinajstić information content (AvgIpc) is 3.21. The molecular weight excluding hydrogens is 266 g/mol. The number of rotatable bonds is 5. The number of nitrogens with one attached hydrogen (secondary N) is 1. The van der Waals surface area contributed by atoms with Gasteiger partial charge in [0.05, 0.1) is 36.6 Å². The second-order valence-corrected chi connectivity index (χ2v) is 5.34. The van der Waals surface area contributed by atoms with Crippen LogP contribution in [0.25, 0.3) is 11.3 Å². The number of hydrogen-bond donors (Lipinski definition) is 1. The highest BCUT2D eigenvalue weighted by Gasteiger charge is 2.24. The highest BCUT2D eigenvalue weighted by Crippen LogP contribution is 2.35. The van der Waals surface area contributed by atoms with E-state index >= 15 is 0 Å². The lowest BCUT2D eigenvalue weighted by atomic mass is 10.0. The zero-order valence-corrected chi connectivity index (χ0v) is 12.3. The highest BCUT2D eigenvalue weighted by molar-refractivity contribution is 5.99. The Bertz CT molecular complexity index is 659. The van der Waals surface area contributed by atoms with Crippen LogP contribution in [0.15, 0.2) is 30.7 Å². The van der Waals surface area contributed by atoms with Crippen molar-refractivity contribution < 1.29 is 9.53 Å². The van der Waals surface area contributed by atoms with Crippen LogP contribution in [-0.2, 0) is 11.3 Å². The molecule has 2 aromatic rings. The molecule has 1 fully saturated rings. The van der Waals surface area contributed by atoms with Crippen molar-refractivity contribution >= 4 is 11.7 Å². The lowest BCUT2D eigenvalue weighted by Crippen LogP contribution is -2.08. The van der Waals surface area contributed by atoms with Crippen molar-refractivity contribution in [2.45, 2.75) is 19.4 Å². The van der Waals surface area contributed by atoms with Gasteiger partial charge in [-0.15, -0.1) is 0 Å². The minimum Gasteiger partial charge on any atom is -0.465 e. The van der Waals surface area contributed by atoms with Crippen LogP contribution in [0.4, 0.5) is 5.69 Å². The molecule has 0 bridgehead atoms. The summed E-state index contributed by atoms with van der Waals surface area (Å²) in [5.41, 5.74) is 3.31. The van der Waals surface area contributed by atoms with Gasteiger partial charge in [0.25, 0.3) is 0 Å². The summed E-state index contributed by atoms with van der Waals surface area (Å²) in [5.74, 6) is 0.425. The molecule has 1 aliphatic carbocycles. The molecular formula is C16H19N3O2. The summed E-state index contributed by atoms with van der Waals surface area (Å²) >= 11 is 0. The van der Waals surface area contributed by atoms with Gasteiger partial charge in [-0.2, -0.15) is 0 Å². The Balaban J connectivity index is 2.05. The molecule has 1 heterocycles. The summed E-state index contributed by atoms with van der Waals surface area (Å²) in [6.07, 6.45) is 6.29. The van der Waals surface area contributed by atoms with E-state index in [9.17, 15) is 4.79 Å². The van der Waals surface area contributed by atoms with Crippen molar-refractivity contribution in [3.63, 3.8) is 0 Å². The molecule has 1 aliphatic rings. The van der Waals surface area contributed by atoms with Crippen molar-refractivity contribution in [3.8, 4) is 11.3 Å². The second kappa shape index (κ2) is 5.60. The molecule has 0 amide bonds. The number of hydrogen-bond acceptors (Lipinski definition) is 4. The van der Waals surface area contributed by atoms with Gasteiger partial charge in [-0.3, -0.25) is 0 Å². The van der Waals surface area contributed by atoms with Gasteiger partial charge in [-0.1, -0.05) is 12.1 Å². The first kappa shape index (κ1) is 13.7. The van der Waals surface area contributed by atoms with E-state index < -0.39 is 0 Å². The maximum absolute atomic E-state index is 11.9. The van der Waals surface area contributed by atoms with Gasteiger partial charge in [-0.25, -0.2) is 9.78 Å². The summed E-state index contributed by atoms with van der Waals surface area (Å²) in [5, 5.41) is 3.12. The smallest absolute Gasteiger partial charge is 0.339 e. The van der Waals surface area contributed by atoms with Crippen molar-refractivity contribution in [2.24, 2.45) is 5.92 Å². The molecule has 0 aliphatic heterocycles. The maximum Gasteiger partial charge on any atom is 0.339 e. The Kier molecular flexibility index (Phi) is 3.64. The van der Waals surface area contributed by atoms with E-state index in [-0.39, 0.29) is 5.97 Å². The van der Waals surface area contributed by atoms with Gasteiger partial charge >= 0.3 is 5.97 Å². The number of methoxy groups -OCH3 is 1. The van der Waals surface area contributed by atoms with Crippen LogP contribution in [0, 0.1) is 5.92 Å². The number of anilines is 1. The predicted octanol–water partition coefficient (Wildman–Crippen LogP) is 2.79. The summed E-state index contributed by atoms with van der Waals surface area (Å²) in [6.45, 7) is 0.987. The van der Waals surface area contributed by atoms with Crippen molar-refractivity contribution in [3.05, 3.63) is 36.3 Å². The fourth-order valence-corrected chi connectivity index (χ4v) is 2.58. The first-order valence-corrected chi connectivity index (χ1v) is 7.14. The number of nitrogens with zero attached hydrogens (tertiary/aromatic N) is 2. The third-order valence-electron chi connectivity index (χ3n) is 3.86. The number of carbonyl (C=O) groups is 1. The first-order valence-electron chi connectivity index (χ1n) is 7.14. The van der Waals surface area contributed by atoms with E-state index in [1.54, 1.807) is 6.07 Å². The number of benzene rings is 1. The molecule has 0 spiro atoms. The lowest BCUT2D eigenvalue weighted by Gasteiger charge is -2.14. The third kappa shape index (κ3) is 2.63. The van der Waals surface area contributed by atoms with E-state index in [0.29, 0.717) is 5.56 Å². The van der Waals surface area contributed by atoms with Crippen LogP contribution in [0.1, 0.15) is 23.2 Å². The van der Waals surface area contributed by atoms with Gasteiger partial charge in [0.1, 0.15) is 0 Å². The standard InChI is InChI=1S/C16H19N3O2/c1-17-15-12(4-3-5-13(15)16(20)21-2)14-8-18-10-19(14)9-11-6-7-11/h3-5,8,10-11,17H,6-7,9H2,1-2H3. The van der Waals surface area contributed by atoms with Crippen LogP contribution < -0.4 is 5.32 Å². The number of imidazole rings is 1. The average molecular weight is 285 g/mol. The second-order valence-electron chi connectivity index (χ2n) is 5.34. The largest absolute Gasteiger partial charge is 0.465 e. The normalized spacial score (nSPS) is 14.0. The molecule has 21 heavy (non-hydrogen) atoms. The van der Waals surface area contributed by atoms with Gasteiger partial charge in [-0.05, 0) is 24.8 Å². The third-order valence-corrected chi connectivity index (χ3v) is 3.86. The summed E-state index contributed by atoms with van der Waals surface area (Å²) < 4.78 is 7.02. The number of ether oxygens (including phenoxy) is 1. The Morgan fingerprint density at radius 2 is 2.29 bits per heavy atom. The Labute approximate surface area is 124 Å². The number of carbonyl (C=O) groups excluding carboxylic acids is 1. The zero-order valence-electron chi connectivity index (χ0n) is 12.3. The number of para-hydroxylation sites is 1. The summed E-state index contributed by atoms with van der Waals surface area (Å²) in [4.78, 5) is 16.2. The Hall–Kier alpha value is -2.30. The molecule has 0 radical (unpaired) electrons. The van der Waals surface area contributed by atoms with Gasteiger partial charge in [0, 0.05) is 19.2 Å². The summed E-state index contributed by atoms with van der Waals surface area (Å²) in [6, 6.07) is 5.64. The van der Waals surface area contributed by atoms with E-state index in [4.69, 9.17) is 4.74 Å². The molecule has 5 nitrogen and oxygen atoms in total. The molecule has 1 aromatic carbocycles. The SMILES string of the molecule is CNc1c(C(=O)OC)cccc1-c1cncn1CC1CC1. The van der Waals surface area contributed by atoms with Crippen LogP contribution >= 0.6 is 0 Å². The number of esters is 1. The van der Waals surface area contributed by atoms with Crippen LogP contribution in [-0.4, -0.2) is 29.7 Å². The molecule has 0 atom stereocenters. The van der Waals surface area contributed by atoms with Crippen LogP contribution in [0.2, 0.25) is 0 Å². The highest BCUT2D eigenvalue weighted by atomic mass is 16.5. The van der Waals surface area contributed by atoms with Gasteiger partial charge in [0.15, 0.2) is 0 Å². The van der Waals surface area contributed by atoms with E-state index in [0.717, 1.165) is 29.4 Å². The molecule has 1 aromatic heterocycles. The van der Waals surface area contributed by atoms with E-state index in [1.165, 1.54) is 20.0 Å². The quantitative estimate of drug-likeness (QED) is 0.858. The first-order chi connectivity index (χ1) is 10.2. The molecule has 110 valence electrons.